The van der Waals surface area contributed by atoms with Gasteiger partial charge >= 0.3 is 12.1 Å². The number of thiophene rings is 2. The summed E-state index contributed by atoms with van der Waals surface area (Å²) in [6.07, 6.45) is -1.45. The van der Waals surface area contributed by atoms with E-state index >= 15 is 0 Å². The number of hydrogen-bond acceptors (Lipinski definition) is 5. The van der Waals surface area contributed by atoms with E-state index in [1.165, 1.54) is 22.6 Å². The number of aryl methyl sites for hydroxylation is 1. The summed E-state index contributed by atoms with van der Waals surface area (Å²) < 4.78 is 31.7. The maximum atomic E-state index is 12.7. The molecule has 170 valence electrons. The number of likely N-dealkylation sites (tertiary alicyclic amines) is 2. The van der Waals surface area contributed by atoms with Crippen LogP contribution in [0, 0.1) is 12.3 Å². The Kier molecular flexibility index (Phi) is 7.43. The van der Waals surface area contributed by atoms with Gasteiger partial charge in [0.15, 0.2) is 0 Å². The summed E-state index contributed by atoms with van der Waals surface area (Å²) in [5, 5.41) is 9.12. The van der Waals surface area contributed by atoms with E-state index in [4.69, 9.17) is 9.90 Å². The Morgan fingerprint density at radius 1 is 1.16 bits per heavy atom. The van der Waals surface area contributed by atoms with Gasteiger partial charge in [0.05, 0.1) is 4.88 Å². The predicted octanol–water partition coefficient (Wildman–Crippen LogP) is 4.88. The van der Waals surface area contributed by atoms with Gasteiger partial charge in [-0.25, -0.2) is 4.79 Å². The molecule has 4 rings (SSSR count). The average Bonchev–Trinajstić information content (AvgIpc) is 3.44. The smallest absolute Gasteiger partial charge is 0.475 e. The van der Waals surface area contributed by atoms with Gasteiger partial charge in [-0.3, -0.25) is 9.69 Å². The number of halogens is 3. The molecule has 2 fully saturated rings. The van der Waals surface area contributed by atoms with Crippen molar-refractivity contribution in [2.24, 2.45) is 5.41 Å². The Bertz CT molecular complexity index is 898. The number of carboxylic acids is 1. The molecular weight excluding hydrogens is 449 g/mol. The van der Waals surface area contributed by atoms with E-state index in [2.05, 4.69) is 28.9 Å². The molecule has 0 radical (unpaired) electrons. The standard InChI is InChI=1S/C19H24N2OS2.C2HF3O2/c1-15-5-6-16(24-15)12-20-10-8-19(13-20)7-3-9-21(14-19)18(22)17-4-2-11-23-17;3-2(4,5)1(6)7/h2,4-6,11H,3,7-10,12-14H2,1H3;(H,6,7). The van der Waals surface area contributed by atoms with Crippen LogP contribution in [0.25, 0.3) is 0 Å². The van der Waals surface area contributed by atoms with Gasteiger partial charge in [0, 0.05) is 41.3 Å². The summed E-state index contributed by atoms with van der Waals surface area (Å²) in [5.41, 5.74) is 0.317. The Morgan fingerprint density at radius 2 is 1.90 bits per heavy atom. The number of nitrogens with zero attached hydrogens (tertiary/aromatic N) is 2. The Balaban J connectivity index is 0.000000339. The van der Waals surface area contributed by atoms with Crippen molar-refractivity contribution in [3.8, 4) is 0 Å². The molecule has 31 heavy (non-hydrogen) atoms. The second-order valence-corrected chi connectivity index (χ2v) is 10.4. The fraction of sp³-hybridized carbons (Fsp3) is 0.524. The molecule has 2 aliphatic heterocycles. The SMILES string of the molecule is Cc1ccc(CN2CCC3(CCCN(C(=O)c4cccs4)C3)C2)s1.O=C(O)C(F)(F)F. The molecule has 1 amide bonds. The lowest BCUT2D eigenvalue weighted by atomic mass is 9.79. The van der Waals surface area contributed by atoms with Crippen molar-refractivity contribution >= 4 is 34.6 Å². The molecule has 1 N–H and O–H groups in total. The van der Waals surface area contributed by atoms with Crippen LogP contribution in [0.1, 0.15) is 38.7 Å². The van der Waals surface area contributed by atoms with Crippen LogP contribution in [0.4, 0.5) is 13.2 Å². The van der Waals surface area contributed by atoms with Crippen molar-refractivity contribution in [2.45, 2.75) is 38.9 Å². The van der Waals surface area contributed by atoms with Crippen molar-refractivity contribution in [1.82, 2.24) is 9.80 Å². The molecule has 1 unspecified atom stereocenters. The fourth-order valence-corrected chi connectivity index (χ4v) is 5.85. The van der Waals surface area contributed by atoms with E-state index in [0.717, 1.165) is 44.0 Å². The third kappa shape index (κ3) is 6.30. The summed E-state index contributed by atoms with van der Waals surface area (Å²) in [6, 6.07) is 8.40. The van der Waals surface area contributed by atoms with E-state index in [1.807, 2.05) is 28.8 Å². The summed E-state index contributed by atoms with van der Waals surface area (Å²) in [7, 11) is 0. The van der Waals surface area contributed by atoms with Crippen LogP contribution < -0.4 is 0 Å². The number of carbonyl (C=O) groups excluding carboxylic acids is 1. The maximum Gasteiger partial charge on any atom is 0.490 e. The van der Waals surface area contributed by atoms with Gasteiger partial charge in [0.2, 0.25) is 0 Å². The number of rotatable bonds is 3. The molecule has 0 aliphatic carbocycles. The molecule has 2 aromatic rings. The highest BCUT2D eigenvalue weighted by atomic mass is 32.1. The minimum Gasteiger partial charge on any atom is -0.475 e. The molecule has 2 aliphatic rings. The first-order chi connectivity index (χ1) is 14.6. The van der Waals surface area contributed by atoms with Crippen molar-refractivity contribution in [2.75, 3.05) is 26.2 Å². The van der Waals surface area contributed by atoms with Crippen molar-refractivity contribution in [1.29, 1.82) is 0 Å². The molecule has 0 bridgehead atoms. The van der Waals surface area contributed by atoms with Crippen molar-refractivity contribution in [3.63, 3.8) is 0 Å². The summed E-state index contributed by atoms with van der Waals surface area (Å²) in [5.74, 6) is -2.52. The minimum atomic E-state index is -5.08. The predicted molar refractivity (Wildman–Crippen MR) is 115 cm³/mol. The first-order valence-electron chi connectivity index (χ1n) is 9.99. The van der Waals surface area contributed by atoms with Crippen LogP contribution in [-0.4, -0.2) is 59.1 Å². The number of carbonyl (C=O) groups is 2. The topological polar surface area (TPSA) is 60.9 Å². The molecule has 2 saturated heterocycles. The maximum absolute atomic E-state index is 12.7. The van der Waals surface area contributed by atoms with E-state index in [0.29, 0.717) is 5.41 Å². The lowest BCUT2D eigenvalue weighted by Crippen LogP contribution is -2.47. The first kappa shape index (κ1) is 23.7. The third-order valence-corrected chi connectivity index (χ3v) is 7.46. The lowest BCUT2D eigenvalue weighted by Gasteiger charge is -2.40. The Hall–Kier alpha value is -1.91. The van der Waals surface area contributed by atoms with Gasteiger partial charge in [-0.05, 0) is 56.3 Å². The molecule has 4 heterocycles. The summed E-state index contributed by atoms with van der Waals surface area (Å²) in [6.45, 7) is 7.40. The molecule has 10 heteroatoms. The third-order valence-electron chi connectivity index (χ3n) is 5.62. The number of hydrogen-bond donors (Lipinski definition) is 1. The van der Waals surface area contributed by atoms with Gasteiger partial charge in [-0.1, -0.05) is 6.07 Å². The van der Waals surface area contributed by atoms with E-state index in [9.17, 15) is 18.0 Å². The first-order valence-corrected chi connectivity index (χ1v) is 11.7. The number of alkyl halides is 3. The van der Waals surface area contributed by atoms with Crippen molar-refractivity contribution in [3.05, 3.63) is 44.3 Å². The molecule has 1 atom stereocenters. The van der Waals surface area contributed by atoms with E-state index < -0.39 is 12.1 Å². The van der Waals surface area contributed by atoms with Gasteiger partial charge in [0.1, 0.15) is 0 Å². The van der Waals surface area contributed by atoms with E-state index in [1.54, 1.807) is 11.3 Å². The fourth-order valence-electron chi connectivity index (χ4n) is 4.22. The van der Waals surface area contributed by atoms with Gasteiger partial charge in [0.25, 0.3) is 5.91 Å². The molecule has 0 aromatic carbocycles. The van der Waals surface area contributed by atoms with E-state index in [-0.39, 0.29) is 5.91 Å². The monoisotopic (exact) mass is 474 g/mol. The summed E-state index contributed by atoms with van der Waals surface area (Å²) in [4.78, 5) is 30.0. The van der Waals surface area contributed by atoms with Gasteiger partial charge in [-0.2, -0.15) is 13.2 Å². The lowest BCUT2D eigenvalue weighted by molar-refractivity contribution is -0.192. The van der Waals surface area contributed by atoms with Crippen LogP contribution in [0.5, 0.6) is 0 Å². The second-order valence-electron chi connectivity index (χ2n) is 8.08. The van der Waals surface area contributed by atoms with Gasteiger partial charge in [-0.15, -0.1) is 22.7 Å². The normalized spacial score (nSPS) is 21.7. The average molecular weight is 475 g/mol. The van der Waals surface area contributed by atoms with Crippen LogP contribution in [0.3, 0.4) is 0 Å². The summed E-state index contributed by atoms with van der Waals surface area (Å²) >= 11 is 3.47. The number of amides is 1. The largest absolute Gasteiger partial charge is 0.490 e. The number of aliphatic carboxylic acids is 1. The molecule has 0 saturated carbocycles. The zero-order valence-corrected chi connectivity index (χ0v) is 18.8. The molecular formula is C21H25F3N2O3S2. The zero-order valence-electron chi connectivity index (χ0n) is 17.2. The highest BCUT2D eigenvalue weighted by Gasteiger charge is 2.42. The molecule has 1 spiro atoms. The highest BCUT2D eigenvalue weighted by Crippen LogP contribution is 2.40. The molecule has 2 aromatic heterocycles. The quantitative estimate of drug-likeness (QED) is 0.689. The highest BCUT2D eigenvalue weighted by molar-refractivity contribution is 7.12. The van der Waals surface area contributed by atoms with Crippen LogP contribution in [-0.2, 0) is 11.3 Å². The Labute approximate surface area is 187 Å². The van der Waals surface area contributed by atoms with Crippen molar-refractivity contribution < 1.29 is 27.9 Å². The van der Waals surface area contributed by atoms with Crippen LogP contribution >= 0.6 is 22.7 Å². The van der Waals surface area contributed by atoms with Crippen LogP contribution in [0.15, 0.2) is 29.6 Å². The number of carboxylic acid groups (broad SMARTS) is 1. The van der Waals surface area contributed by atoms with Crippen LogP contribution in [0.2, 0.25) is 0 Å². The number of piperidine rings is 1. The zero-order chi connectivity index (χ0) is 22.6. The Morgan fingerprint density at radius 3 is 2.48 bits per heavy atom. The second kappa shape index (κ2) is 9.70. The van der Waals surface area contributed by atoms with Gasteiger partial charge < -0.3 is 10.0 Å². The molecule has 5 nitrogen and oxygen atoms in total. The minimum absolute atomic E-state index is 0.233.